The minimum atomic E-state index is -0.425. The molecule has 1 aromatic heterocycles. The number of hydrogen-bond donors (Lipinski definition) is 1. The molecule has 128 valence electrons. The van der Waals surface area contributed by atoms with E-state index in [0.29, 0.717) is 23.0 Å². The summed E-state index contributed by atoms with van der Waals surface area (Å²) in [6.07, 6.45) is 0. The van der Waals surface area contributed by atoms with Gasteiger partial charge in [0.2, 0.25) is 5.89 Å². The van der Waals surface area contributed by atoms with Crippen LogP contribution in [0.2, 0.25) is 0 Å². The van der Waals surface area contributed by atoms with Crippen LogP contribution in [0.15, 0.2) is 51.4 Å². The fraction of sp³-hybridized carbons (Fsp3) is 0.118. The third-order valence-corrected chi connectivity index (χ3v) is 3.92. The standard InChI is InChI=1S/C17H14BrN3O4/c1-23-12-7-8-13(14(9-12)24-2)15(22)19-17-21-20-16(25-17)10-3-5-11(18)6-4-10/h3-9H,1-2H3,(H,19,21,22). The van der Waals surface area contributed by atoms with Crippen LogP contribution in [0, 0.1) is 0 Å². The number of carbonyl (C=O) groups excluding carboxylic acids is 1. The van der Waals surface area contributed by atoms with Crippen molar-refractivity contribution >= 4 is 27.9 Å². The maximum Gasteiger partial charge on any atom is 0.322 e. The lowest BCUT2D eigenvalue weighted by molar-refractivity contribution is 0.102. The topological polar surface area (TPSA) is 86.5 Å². The molecule has 3 rings (SSSR count). The Morgan fingerprint density at radius 1 is 1.08 bits per heavy atom. The van der Waals surface area contributed by atoms with Gasteiger partial charge in [0, 0.05) is 16.1 Å². The molecule has 0 aliphatic heterocycles. The first-order chi connectivity index (χ1) is 12.1. The molecule has 8 heteroatoms. The van der Waals surface area contributed by atoms with Crippen LogP contribution in [0.5, 0.6) is 11.5 Å². The quantitative estimate of drug-likeness (QED) is 0.697. The fourth-order valence-corrected chi connectivity index (χ4v) is 2.40. The second-order valence-corrected chi connectivity index (χ2v) is 5.86. The Bertz CT molecular complexity index is 893. The first-order valence-electron chi connectivity index (χ1n) is 7.23. The van der Waals surface area contributed by atoms with Crippen LogP contribution in [0.25, 0.3) is 11.5 Å². The van der Waals surface area contributed by atoms with Crippen molar-refractivity contribution in [3.63, 3.8) is 0 Å². The number of ether oxygens (including phenoxy) is 2. The summed E-state index contributed by atoms with van der Waals surface area (Å²) in [5.41, 5.74) is 1.07. The molecule has 0 saturated heterocycles. The Labute approximate surface area is 152 Å². The number of nitrogens with zero attached hydrogens (tertiary/aromatic N) is 2. The normalized spacial score (nSPS) is 10.4. The van der Waals surface area contributed by atoms with Crippen molar-refractivity contribution in [2.24, 2.45) is 0 Å². The van der Waals surface area contributed by atoms with Gasteiger partial charge in [0.15, 0.2) is 0 Å². The minimum Gasteiger partial charge on any atom is -0.497 e. The molecule has 25 heavy (non-hydrogen) atoms. The zero-order valence-corrected chi connectivity index (χ0v) is 15.0. The monoisotopic (exact) mass is 403 g/mol. The second kappa shape index (κ2) is 7.35. The van der Waals surface area contributed by atoms with Crippen molar-refractivity contribution in [2.75, 3.05) is 19.5 Å². The van der Waals surface area contributed by atoms with Crippen LogP contribution < -0.4 is 14.8 Å². The van der Waals surface area contributed by atoms with E-state index < -0.39 is 5.91 Å². The van der Waals surface area contributed by atoms with Crippen molar-refractivity contribution in [1.29, 1.82) is 0 Å². The lowest BCUT2D eigenvalue weighted by atomic mass is 10.2. The van der Waals surface area contributed by atoms with E-state index in [1.54, 1.807) is 18.2 Å². The maximum absolute atomic E-state index is 12.4. The first-order valence-corrected chi connectivity index (χ1v) is 8.03. The molecule has 0 aliphatic rings. The van der Waals surface area contributed by atoms with Gasteiger partial charge in [0.1, 0.15) is 11.5 Å². The van der Waals surface area contributed by atoms with Gasteiger partial charge in [-0.15, -0.1) is 5.10 Å². The van der Waals surface area contributed by atoms with E-state index >= 15 is 0 Å². The van der Waals surface area contributed by atoms with Crippen LogP contribution in [0.4, 0.5) is 6.01 Å². The number of rotatable bonds is 5. The molecule has 0 radical (unpaired) electrons. The Morgan fingerprint density at radius 3 is 2.52 bits per heavy atom. The number of nitrogens with one attached hydrogen (secondary N) is 1. The van der Waals surface area contributed by atoms with E-state index in [4.69, 9.17) is 13.9 Å². The summed E-state index contributed by atoms with van der Waals surface area (Å²) in [7, 11) is 3.01. The summed E-state index contributed by atoms with van der Waals surface area (Å²) in [6.45, 7) is 0. The van der Waals surface area contributed by atoms with Gasteiger partial charge in [-0.25, -0.2) is 0 Å². The molecule has 0 atom stereocenters. The number of amides is 1. The molecule has 1 heterocycles. The minimum absolute atomic E-state index is 0.000731. The van der Waals surface area contributed by atoms with Crippen LogP contribution in [-0.4, -0.2) is 30.3 Å². The zero-order valence-electron chi connectivity index (χ0n) is 13.4. The molecule has 1 N–H and O–H groups in total. The molecule has 0 aliphatic carbocycles. The van der Waals surface area contributed by atoms with Gasteiger partial charge < -0.3 is 13.9 Å². The van der Waals surface area contributed by atoms with E-state index in [-0.39, 0.29) is 6.01 Å². The van der Waals surface area contributed by atoms with E-state index in [9.17, 15) is 4.79 Å². The largest absolute Gasteiger partial charge is 0.497 e. The van der Waals surface area contributed by atoms with Gasteiger partial charge in [0.25, 0.3) is 5.91 Å². The first kappa shape index (κ1) is 17.0. The highest BCUT2D eigenvalue weighted by molar-refractivity contribution is 9.10. The van der Waals surface area contributed by atoms with Gasteiger partial charge >= 0.3 is 6.01 Å². The van der Waals surface area contributed by atoms with Crippen molar-refractivity contribution < 1.29 is 18.7 Å². The fourth-order valence-electron chi connectivity index (χ4n) is 2.13. The van der Waals surface area contributed by atoms with Gasteiger partial charge in [-0.3, -0.25) is 10.1 Å². The highest BCUT2D eigenvalue weighted by atomic mass is 79.9. The third-order valence-electron chi connectivity index (χ3n) is 3.39. The average Bonchev–Trinajstić information content (AvgIpc) is 3.10. The molecule has 0 unspecified atom stereocenters. The van der Waals surface area contributed by atoms with Gasteiger partial charge in [-0.1, -0.05) is 21.0 Å². The summed E-state index contributed by atoms with van der Waals surface area (Å²) in [6, 6.07) is 12.3. The smallest absolute Gasteiger partial charge is 0.322 e. The van der Waals surface area contributed by atoms with Crippen molar-refractivity contribution in [1.82, 2.24) is 10.2 Å². The van der Waals surface area contributed by atoms with Crippen LogP contribution in [0.3, 0.4) is 0 Å². The Kier molecular flexibility index (Phi) is 4.99. The average molecular weight is 404 g/mol. The van der Waals surface area contributed by atoms with Crippen LogP contribution >= 0.6 is 15.9 Å². The predicted molar refractivity (Wildman–Crippen MR) is 94.9 cm³/mol. The summed E-state index contributed by atoms with van der Waals surface area (Å²) in [4.78, 5) is 12.4. The Balaban J connectivity index is 1.79. The Morgan fingerprint density at radius 2 is 1.84 bits per heavy atom. The lowest BCUT2D eigenvalue weighted by Crippen LogP contribution is -2.13. The molecule has 0 fully saturated rings. The molecule has 1 amide bonds. The van der Waals surface area contributed by atoms with Gasteiger partial charge in [-0.2, -0.15) is 0 Å². The predicted octanol–water partition coefficient (Wildman–Crippen LogP) is 3.77. The van der Waals surface area contributed by atoms with Crippen molar-refractivity contribution in [3.8, 4) is 23.0 Å². The number of methoxy groups -OCH3 is 2. The third kappa shape index (κ3) is 3.80. The molecular weight excluding hydrogens is 390 g/mol. The molecular formula is C17H14BrN3O4. The van der Waals surface area contributed by atoms with Crippen LogP contribution in [-0.2, 0) is 0 Å². The number of anilines is 1. The SMILES string of the molecule is COc1ccc(C(=O)Nc2nnc(-c3ccc(Br)cc3)o2)c(OC)c1. The van der Waals surface area contributed by atoms with Crippen molar-refractivity contribution in [2.45, 2.75) is 0 Å². The lowest BCUT2D eigenvalue weighted by Gasteiger charge is -2.09. The van der Waals surface area contributed by atoms with E-state index in [1.807, 2.05) is 24.3 Å². The van der Waals surface area contributed by atoms with Crippen molar-refractivity contribution in [3.05, 3.63) is 52.5 Å². The number of carbonyl (C=O) groups is 1. The number of aromatic nitrogens is 2. The maximum atomic E-state index is 12.4. The Hall–Kier alpha value is -2.87. The van der Waals surface area contributed by atoms with Gasteiger partial charge in [0.05, 0.1) is 19.8 Å². The molecule has 0 saturated carbocycles. The van der Waals surface area contributed by atoms with E-state index in [0.717, 1.165) is 10.0 Å². The highest BCUT2D eigenvalue weighted by Crippen LogP contribution is 2.26. The van der Waals surface area contributed by atoms with E-state index in [2.05, 4.69) is 31.4 Å². The summed E-state index contributed by atoms with van der Waals surface area (Å²) in [5.74, 6) is 0.850. The molecule has 7 nitrogen and oxygen atoms in total. The molecule has 3 aromatic rings. The number of hydrogen-bond acceptors (Lipinski definition) is 6. The second-order valence-electron chi connectivity index (χ2n) is 4.94. The number of halogens is 1. The summed E-state index contributed by atoms with van der Waals surface area (Å²) >= 11 is 3.36. The summed E-state index contributed by atoms with van der Waals surface area (Å²) < 4.78 is 16.8. The highest BCUT2D eigenvalue weighted by Gasteiger charge is 2.17. The van der Waals surface area contributed by atoms with Crippen LogP contribution in [0.1, 0.15) is 10.4 Å². The van der Waals surface area contributed by atoms with Gasteiger partial charge in [-0.05, 0) is 36.4 Å². The molecule has 0 spiro atoms. The summed E-state index contributed by atoms with van der Waals surface area (Å²) in [5, 5.41) is 10.3. The molecule has 0 bridgehead atoms. The zero-order chi connectivity index (χ0) is 17.8. The van der Waals surface area contributed by atoms with E-state index in [1.165, 1.54) is 14.2 Å². The molecule has 2 aromatic carbocycles. The number of benzene rings is 2.